The first-order valence-corrected chi connectivity index (χ1v) is 8.29. The van der Waals surface area contributed by atoms with Crippen molar-refractivity contribution in [1.29, 1.82) is 0 Å². The fourth-order valence-electron chi connectivity index (χ4n) is 3.16. The average Bonchev–Trinajstić information content (AvgIpc) is 3.30. The molecule has 4 heterocycles. The number of oxazole rings is 1. The Bertz CT molecular complexity index is 973. The lowest BCUT2D eigenvalue weighted by atomic mass is 10.1. The topological polar surface area (TPSA) is 83.9 Å². The quantitative estimate of drug-likeness (QED) is 0.739. The van der Waals surface area contributed by atoms with Crippen molar-refractivity contribution in [2.24, 2.45) is 0 Å². The Morgan fingerprint density at radius 2 is 2.00 bits per heavy atom. The van der Waals surface area contributed by atoms with E-state index < -0.39 is 23.8 Å². The van der Waals surface area contributed by atoms with Crippen LogP contribution in [0.2, 0.25) is 0 Å². The first kappa shape index (κ1) is 17.5. The van der Waals surface area contributed by atoms with Gasteiger partial charge in [-0.3, -0.25) is 9.20 Å². The SMILES string of the molecule is O=C(c1cnc2c(-c3cnco3)cc(C(F)(F)F)cn12)N1CCC(O)CC1. The number of imidazole rings is 1. The predicted molar refractivity (Wildman–Crippen MR) is 86.8 cm³/mol. The Morgan fingerprint density at radius 1 is 1.26 bits per heavy atom. The summed E-state index contributed by atoms with van der Waals surface area (Å²) in [7, 11) is 0. The highest BCUT2D eigenvalue weighted by atomic mass is 19.4. The molecule has 3 aromatic heterocycles. The van der Waals surface area contributed by atoms with E-state index in [0.717, 1.165) is 23.1 Å². The van der Waals surface area contributed by atoms with Gasteiger partial charge in [0, 0.05) is 19.3 Å². The summed E-state index contributed by atoms with van der Waals surface area (Å²) in [5, 5.41) is 9.58. The Kier molecular flexibility index (Phi) is 4.14. The molecule has 0 aromatic carbocycles. The highest BCUT2D eigenvalue weighted by Gasteiger charge is 2.33. The summed E-state index contributed by atoms with van der Waals surface area (Å²) in [6.45, 7) is 0.669. The molecule has 0 unspecified atom stereocenters. The Labute approximate surface area is 151 Å². The summed E-state index contributed by atoms with van der Waals surface area (Å²) >= 11 is 0. The number of amides is 1. The molecule has 1 aliphatic rings. The van der Waals surface area contributed by atoms with Gasteiger partial charge in [-0.2, -0.15) is 13.2 Å². The number of carbonyl (C=O) groups is 1. The number of aliphatic hydroxyl groups excluding tert-OH is 1. The van der Waals surface area contributed by atoms with Crippen molar-refractivity contribution in [1.82, 2.24) is 19.3 Å². The zero-order valence-corrected chi connectivity index (χ0v) is 14.0. The molecule has 0 spiro atoms. The predicted octanol–water partition coefficient (Wildman–Crippen LogP) is 2.61. The molecule has 4 rings (SSSR count). The van der Waals surface area contributed by atoms with E-state index >= 15 is 0 Å². The second kappa shape index (κ2) is 6.38. The molecule has 10 heteroatoms. The van der Waals surface area contributed by atoms with E-state index in [2.05, 4.69) is 9.97 Å². The molecule has 0 saturated carbocycles. The van der Waals surface area contributed by atoms with Crippen LogP contribution in [0.4, 0.5) is 13.2 Å². The minimum Gasteiger partial charge on any atom is -0.443 e. The van der Waals surface area contributed by atoms with Crippen molar-refractivity contribution in [3.63, 3.8) is 0 Å². The van der Waals surface area contributed by atoms with Crippen molar-refractivity contribution in [3.05, 3.63) is 42.3 Å². The third-order valence-corrected chi connectivity index (χ3v) is 4.60. The number of aliphatic hydroxyl groups is 1. The number of piperidine rings is 1. The number of rotatable bonds is 2. The molecule has 3 aromatic rings. The fraction of sp³-hybridized carbons (Fsp3) is 0.353. The standard InChI is InChI=1S/C17H15F3N4O3/c18-17(19,20)10-5-12(14-7-21-9-27-14)15-22-6-13(24(15)8-10)16(26)23-3-1-11(25)2-4-23/h5-9,11,25H,1-4H2. The van der Waals surface area contributed by atoms with Gasteiger partial charge >= 0.3 is 6.18 Å². The first-order chi connectivity index (χ1) is 12.8. The molecule has 1 amide bonds. The largest absolute Gasteiger partial charge is 0.443 e. The van der Waals surface area contributed by atoms with E-state index in [1.165, 1.54) is 17.3 Å². The number of hydrogen-bond acceptors (Lipinski definition) is 5. The smallest absolute Gasteiger partial charge is 0.417 e. The number of alkyl halides is 3. The number of likely N-dealkylation sites (tertiary alicyclic amines) is 1. The molecule has 0 bridgehead atoms. The minimum atomic E-state index is -4.61. The molecule has 1 aliphatic heterocycles. The molecular formula is C17H15F3N4O3. The van der Waals surface area contributed by atoms with Crippen LogP contribution < -0.4 is 0 Å². The lowest BCUT2D eigenvalue weighted by Crippen LogP contribution is -2.40. The van der Waals surface area contributed by atoms with Crippen LogP contribution in [-0.2, 0) is 6.18 Å². The third kappa shape index (κ3) is 3.16. The van der Waals surface area contributed by atoms with Crippen LogP contribution in [0.5, 0.6) is 0 Å². The van der Waals surface area contributed by atoms with Crippen molar-refractivity contribution in [2.75, 3.05) is 13.1 Å². The van der Waals surface area contributed by atoms with E-state index in [1.807, 2.05) is 0 Å². The number of aromatic nitrogens is 3. The summed E-state index contributed by atoms with van der Waals surface area (Å²) in [6.07, 6.45) is 0.294. The van der Waals surface area contributed by atoms with E-state index in [0.29, 0.717) is 25.9 Å². The fourth-order valence-corrected chi connectivity index (χ4v) is 3.16. The maximum Gasteiger partial charge on any atom is 0.417 e. The third-order valence-electron chi connectivity index (χ3n) is 4.60. The highest BCUT2D eigenvalue weighted by molar-refractivity contribution is 5.94. The molecule has 0 atom stereocenters. The monoisotopic (exact) mass is 380 g/mol. The summed E-state index contributed by atoms with van der Waals surface area (Å²) < 4.78 is 46.4. The van der Waals surface area contributed by atoms with Crippen molar-refractivity contribution >= 4 is 11.6 Å². The average molecular weight is 380 g/mol. The molecule has 0 aliphatic carbocycles. The minimum absolute atomic E-state index is 0.0215. The van der Waals surface area contributed by atoms with Crippen LogP contribution >= 0.6 is 0 Å². The summed E-state index contributed by atoms with van der Waals surface area (Å²) in [6, 6.07) is 0.925. The van der Waals surface area contributed by atoms with E-state index in [1.54, 1.807) is 0 Å². The van der Waals surface area contributed by atoms with Crippen LogP contribution in [-0.4, -0.2) is 49.5 Å². The van der Waals surface area contributed by atoms with Crippen LogP contribution in [0.3, 0.4) is 0 Å². The highest BCUT2D eigenvalue weighted by Crippen LogP contribution is 2.34. The van der Waals surface area contributed by atoms with Crippen LogP contribution in [0.15, 0.2) is 35.5 Å². The maximum absolute atomic E-state index is 13.4. The molecule has 27 heavy (non-hydrogen) atoms. The molecular weight excluding hydrogens is 365 g/mol. The van der Waals surface area contributed by atoms with Gasteiger partial charge in [0.25, 0.3) is 5.91 Å². The number of pyridine rings is 1. The molecule has 1 N–H and O–H groups in total. The van der Waals surface area contributed by atoms with E-state index in [4.69, 9.17) is 4.42 Å². The van der Waals surface area contributed by atoms with E-state index in [-0.39, 0.29) is 22.7 Å². The zero-order chi connectivity index (χ0) is 19.2. The van der Waals surface area contributed by atoms with Crippen LogP contribution in [0.1, 0.15) is 28.9 Å². The Morgan fingerprint density at radius 3 is 2.63 bits per heavy atom. The zero-order valence-electron chi connectivity index (χ0n) is 14.0. The van der Waals surface area contributed by atoms with Gasteiger partial charge < -0.3 is 14.4 Å². The molecule has 1 fully saturated rings. The molecule has 0 radical (unpaired) electrons. The maximum atomic E-state index is 13.4. The molecule has 7 nitrogen and oxygen atoms in total. The Balaban J connectivity index is 1.83. The summed E-state index contributed by atoms with van der Waals surface area (Å²) in [5.74, 6) is -0.311. The van der Waals surface area contributed by atoms with E-state index in [9.17, 15) is 23.1 Å². The lowest BCUT2D eigenvalue weighted by molar-refractivity contribution is -0.137. The Hall–Kier alpha value is -2.88. The van der Waals surface area contributed by atoms with Crippen molar-refractivity contribution in [3.8, 4) is 11.3 Å². The number of halogens is 3. The van der Waals surface area contributed by atoms with Gasteiger partial charge in [0.1, 0.15) is 11.3 Å². The molecule has 1 saturated heterocycles. The lowest BCUT2D eigenvalue weighted by Gasteiger charge is -2.29. The first-order valence-electron chi connectivity index (χ1n) is 8.29. The second-order valence-corrected chi connectivity index (χ2v) is 6.37. The van der Waals surface area contributed by atoms with Gasteiger partial charge in [0.2, 0.25) is 0 Å². The van der Waals surface area contributed by atoms with Crippen LogP contribution in [0, 0.1) is 0 Å². The van der Waals surface area contributed by atoms with Crippen LogP contribution in [0.25, 0.3) is 17.0 Å². The number of nitrogens with zero attached hydrogens (tertiary/aromatic N) is 4. The second-order valence-electron chi connectivity index (χ2n) is 6.37. The van der Waals surface area contributed by atoms with Gasteiger partial charge in [-0.25, -0.2) is 9.97 Å². The van der Waals surface area contributed by atoms with Crippen molar-refractivity contribution < 1.29 is 27.5 Å². The van der Waals surface area contributed by atoms with Crippen molar-refractivity contribution in [2.45, 2.75) is 25.1 Å². The normalized spacial score (nSPS) is 16.2. The van der Waals surface area contributed by atoms with Gasteiger partial charge in [-0.15, -0.1) is 0 Å². The van der Waals surface area contributed by atoms with Gasteiger partial charge in [-0.1, -0.05) is 0 Å². The number of carbonyl (C=O) groups excluding carboxylic acids is 1. The summed E-state index contributed by atoms with van der Waals surface area (Å²) in [4.78, 5) is 22.2. The summed E-state index contributed by atoms with van der Waals surface area (Å²) in [5.41, 5.74) is -0.647. The van der Waals surface area contributed by atoms with Gasteiger partial charge in [0.15, 0.2) is 12.2 Å². The van der Waals surface area contributed by atoms with Gasteiger partial charge in [0.05, 0.1) is 29.6 Å². The van der Waals surface area contributed by atoms with Gasteiger partial charge in [-0.05, 0) is 18.9 Å². The number of fused-ring (bicyclic) bond motifs is 1. The number of hydrogen-bond donors (Lipinski definition) is 1. The molecule has 142 valence electrons.